The number of amides is 3. The van der Waals surface area contributed by atoms with E-state index < -0.39 is 35.3 Å². The highest BCUT2D eigenvalue weighted by Gasteiger charge is 2.38. The number of carbonyl (C=O) groups is 3. The Morgan fingerprint density at radius 1 is 0.827 bits per heavy atom. The molecule has 0 aliphatic rings. The quantitative estimate of drug-likeness (QED) is 0.0526. The summed E-state index contributed by atoms with van der Waals surface area (Å²) < 4.78 is 5.87. The van der Waals surface area contributed by atoms with Crippen molar-refractivity contribution in [1.29, 1.82) is 0 Å². The van der Waals surface area contributed by atoms with Crippen LogP contribution in [0.5, 0.6) is 5.75 Å². The van der Waals surface area contributed by atoms with Crippen molar-refractivity contribution in [3.63, 3.8) is 0 Å². The average Bonchev–Trinajstić information content (AvgIpc) is 3.12. The maximum Gasteiger partial charge on any atom is 0.272 e. The zero-order valence-electron chi connectivity index (χ0n) is 31.8. The predicted molar refractivity (Wildman–Crippen MR) is 209 cm³/mol. The second-order valence-electron chi connectivity index (χ2n) is 14.3. The standard InChI is InChI=1S/C26H28ClNO.C15H29N3O5/c1-28(2)19-20-29-24-15-13-23(14-16-24)26(22-11-7-4-8-12-22)25(17-18-27)21-9-5-3-6-10-21;1-8(2)7-9(10(19)13(21)18-23)12(20)17-11(14(22)16-6)15(3,4)5/h3-16H,17-20H2,1-2H3;8-11,19,23H,7H2,1-6H3,(H,16,22)(H,17,20)(H,18,21)/b26-25-;/t;9-,10+,11-/m.1/s1. The van der Waals surface area contributed by atoms with Gasteiger partial charge in [-0.2, -0.15) is 0 Å². The molecule has 3 rings (SSSR count). The van der Waals surface area contributed by atoms with Crippen molar-refractivity contribution in [3.8, 4) is 5.75 Å². The van der Waals surface area contributed by atoms with Gasteiger partial charge in [0.1, 0.15) is 24.5 Å². The highest BCUT2D eigenvalue weighted by Crippen LogP contribution is 2.35. The second-order valence-corrected chi connectivity index (χ2v) is 14.7. The van der Waals surface area contributed by atoms with Crippen molar-refractivity contribution in [3.05, 3.63) is 102 Å². The topological polar surface area (TPSA) is 140 Å². The van der Waals surface area contributed by atoms with Gasteiger partial charge in [-0.1, -0.05) is 107 Å². The first kappa shape index (κ1) is 43.9. The highest BCUT2D eigenvalue weighted by molar-refractivity contribution is 6.18. The largest absolute Gasteiger partial charge is 0.492 e. The summed E-state index contributed by atoms with van der Waals surface area (Å²) in [6.45, 7) is 10.6. The number of halogens is 1. The molecule has 5 N–H and O–H groups in total. The SMILES string of the molecule is CN(C)CCOc1ccc(/C(=C(/CCCl)c2ccccc2)c2ccccc2)cc1.CNC(=O)[C@@H](NC(=O)[C@H](CC(C)C)[C@H](O)C(=O)NO)C(C)(C)C. The van der Waals surface area contributed by atoms with E-state index in [1.165, 1.54) is 40.4 Å². The maximum absolute atomic E-state index is 12.5. The Hall–Kier alpha value is -4.22. The van der Waals surface area contributed by atoms with E-state index in [1.807, 2.05) is 40.1 Å². The lowest BCUT2D eigenvalue weighted by molar-refractivity contribution is -0.147. The number of nitrogens with zero attached hydrogens (tertiary/aromatic N) is 1. The summed E-state index contributed by atoms with van der Waals surface area (Å²) in [6.07, 6.45) is -0.672. The third kappa shape index (κ3) is 14.1. The molecular formula is C41H57ClN4O6. The third-order valence-electron chi connectivity index (χ3n) is 8.26. The van der Waals surface area contributed by atoms with E-state index in [-0.39, 0.29) is 18.2 Å². The molecule has 0 bridgehead atoms. The number of nitrogens with one attached hydrogen (secondary N) is 3. The Bertz CT molecular complexity index is 1560. The molecule has 0 aliphatic carbocycles. The van der Waals surface area contributed by atoms with Gasteiger partial charge in [-0.05, 0) is 78.2 Å². The molecular weight excluding hydrogens is 680 g/mol. The van der Waals surface area contributed by atoms with E-state index in [9.17, 15) is 19.5 Å². The number of alkyl halides is 1. The van der Waals surface area contributed by atoms with Crippen molar-refractivity contribution in [2.24, 2.45) is 17.3 Å². The Morgan fingerprint density at radius 2 is 1.37 bits per heavy atom. The molecule has 0 radical (unpaired) electrons. The van der Waals surface area contributed by atoms with Crippen LogP contribution in [-0.2, 0) is 14.4 Å². The van der Waals surface area contributed by atoms with E-state index in [2.05, 4.69) is 88.3 Å². The summed E-state index contributed by atoms with van der Waals surface area (Å²) in [7, 11) is 5.56. The third-order valence-corrected chi connectivity index (χ3v) is 8.45. The van der Waals surface area contributed by atoms with Gasteiger partial charge in [-0.3, -0.25) is 19.6 Å². The number of carbonyl (C=O) groups excluding carboxylic acids is 3. The summed E-state index contributed by atoms with van der Waals surface area (Å²) in [5.74, 6) is -1.61. The number of hydrogen-bond donors (Lipinski definition) is 5. The Kier molecular flexibility index (Phi) is 18.6. The van der Waals surface area contributed by atoms with E-state index in [0.717, 1.165) is 18.7 Å². The molecule has 3 aromatic rings. The number of rotatable bonds is 16. The van der Waals surface area contributed by atoms with E-state index in [0.29, 0.717) is 12.5 Å². The predicted octanol–water partition coefficient (Wildman–Crippen LogP) is 6.01. The van der Waals surface area contributed by atoms with E-state index in [1.54, 1.807) is 20.8 Å². The first-order chi connectivity index (χ1) is 24.6. The Morgan fingerprint density at radius 3 is 1.83 bits per heavy atom. The summed E-state index contributed by atoms with van der Waals surface area (Å²) in [4.78, 5) is 38.1. The summed E-state index contributed by atoms with van der Waals surface area (Å²) in [6, 6.07) is 28.6. The molecule has 3 atom stereocenters. The van der Waals surface area contributed by atoms with Gasteiger partial charge >= 0.3 is 0 Å². The van der Waals surface area contributed by atoms with Crippen LogP contribution in [0.1, 0.15) is 64.2 Å². The first-order valence-corrected chi connectivity index (χ1v) is 18.1. The fourth-order valence-electron chi connectivity index (χ4n) is 5.54. The molecule has 3 aromatic carbocycles. The summed E-state index contributed by atoms with van der Waals surface area (Å²) in [5, 5.41) is 23.7. The summed E-state index contributed by atoms with van der Waals surface area (Å²) >= 11 is 6.21. The molecule has 11 heteroatoms. The molecule has 0 saturated heterocycles. The molecule has 52 heavy (non-hydrogen) atoms. The lowest BCUT2D eigenvalue weighted by Crippen LogP contribution is -2.56. The number of ether oxygens (including phenoxy) is 1. The van der Waals surface area contributed by atoms with Crippen molar-refractivity contribution in [2.45, 2.75) is 59.6 Å². The van der Waals surface area contributed by atoms with Crippen molar-refractivity contribution < 1.29 is 29.4 Å². The number of aliphatic hydroxyl groups is 1. The van der Waals surface area contributed by atoms with Crippen LogP contribution in [-0.4, -0.2) is 85.3 Å². The number of allylic oxidation sites excluding steroid dienone is 1. The summed E-state index contributed by atoms with van der Waals surface area (Å²) in [5.41, 5.74) is 6.83. The molecule has 0 unspecified atom stereocenters. The Labute approximate surface area is 314 Å². The van der Waals surface area contributed by atoms with Crippen LogP contribution in [0.2, 0.25) is 0 Å². The van der Waals surface area contributed by atoms with E-state index >= 15 is 0 Å². The zero-order chi connectivity index (χ0) is 38.8. The zero-order valence-corrected chi connectivity index (χ0v) is 32.5. The molecule has 0 heterocycles. The highest BCUT2D eigenvalue weighted by atomic mass is 35.5. The maximum atomic E-state index is 12.5. The second kappa shape index (κ2) is 22.0. The fraction of sp³-hybridized carbons (Fsp3) is 0.439. The molecule has 0 saturated carbocycles. The Balaban J connectivity index is 0.000000372. The minimum Gasteiger partial charge on any atom is -0.492 e. The van der Waals surface area contributed by atoms with Gasteiger partial charge in [0.05, 0.1) is 5.92 Å². The van der Waals surface area contributed by atoms with E-state index in [4.69, 9.17) is 21.5 Å². The number of hydrogen-bond acceptors (Lipinski definition) is 7. The van der Waals surface area contributed by atoms with Crippen molar-refractivity contribution >= 4 is 40.5 Å². The van der Waals surface area contributed by atoms with Crippen LogP contribution in [0.3, 0.4) is 0 Å². The number of hydroxylamine groups is 1. The van der Waals surface area contributed by atoms with Gasteiger partial charge < -0.3 is 25.4 Å². The molecule has 3 amide bonds. The van der Waals surface area contributed by atoms with Crippen molar-refractivity contribution in [1.82, 2.24) is 21.0 Å². The lowest BCUT2D eigenvalue weighted by Gasteiger charge is -2.32. The molecule has 0 fully saturated rings. The molecule has 0 aliphatic heterocycles. The van der Waals surface area contributed by atoms with Crippen LogP contribution < -0.4 is 20.9 Å². The normalized spacial score (nSPS) is 13.6. The number of benzene rings is 3. The lowest BCUT2D eigenvalue weighted by atomic mass is 9.84. The molecule has 284 valence electrons. The van der Waals surface area contributed by atoms with Crippen LogP contribution in [0.25, 0.3) is 11.1 Å². The number of aliphatic hydroxyl groups excluding tert-OH is 1. The average molecular weight is 737 g/mol. The molecule has 0 spiro atoms. The first-order valence-electron chi connectivity index (χ1n) is 17.6. The van der Waals surface area contributed by atoms with Crippen LogP contribution >= 0.6 is 11.6 Å². The van der Waals surface area contributed by atoms with Crippen LogP contribution in [0.4, 0.5) is 0 Å². The van der Waals surface area contributed by atoms with Gasteiger partial charge in [0.2, 0.25) is 11.8 Å². The number of likely N-dealkylation sites (N-methyl/N-ethyl adjacent to an activating group) is 2. The van der Waals surface area contributed by atoms with Gasteiger partial charge in [0, 0.05) is 19.5 Å². The van der Waals surface area contributed by atoms with Gasteiger partial charge in [0.25, 0.3) is 5.91 Å². The monoisotopic (exact) mass is 736 g/mol. The van der Waals surface area contributed by atoms with Crippen LogP contribution in [0.15, 0.2) is 84.9 Å². The van der Waals surface area contributed by atoms with Gasteiger partial charge in [-0.25, -0.2) is 5.48 Å². The smallest absolute Gasteiger partial charge is 0.272 e. The fourth-order valence-corrected chi connectivity index (χ4v) is 5.73. The van der Waals surface area contributed by atoms with Crippen LogP contribution in [0, 0.1) is 17.3 Å². The molecule has 10 nitrogen and oxygen atoms in total. The minimum atomic E-state index is -1.70. The molecule has 0 aromatic heterocycles. The van der Waals surface area contributed by atoms with Crippen molar-refractivity contribution in [2.75, 3.05) is 40.2 Å². The van der Waals surface area contributed by atoms with Gasteiger partial charge in [-0.15, -0.1) is 11.6 Å². The minimum absolute atomic E-state index is 0.0278. The van der Waals surface area contributed by atoms with Gasteiger partial charge in [0.15, 0.2) is 0 Å².